The van der Waals surface area contributed by atoms with Gasteiger partial charge in [0.1, 0.15) is 17.5 Å². The average Bonchev–Trinajstić information content (AvgIpc) is 2.37. The lowest BCUT2D eigenvalue weighted by molar-refractivity contribution is 0.511. The number of pyridine rings is 1. The van der Waals surface area contributed by atoms with Crippen molar-refractivity contribution in [2.45, 2.75) is 18.2 Å². The Kier molecular flexibility index (Phi) is 4.10. The predicted molar refractivity (Wildman–Crippen MR) is 67.6 cm³/mol. The number of nitrogens with zero attached hydrogens (tertiary/aromatic N) is 1. The third-order valence-electron chi connectivity index (χ3n) is 2.99. The van der Waals surface area contributed by atoms with Gasteiger partial charge in [-0.3, -0.25) is 4.98 Å². The van der Waals surface area contributed by atoms with Crippen molar-refractivity contribution >= 4 is 11.6 Å². The molecule has 0 saturated heterocycles. The molecule has 0 aliphatic rings. The van der Waals surface area contributed by atoms with Gasteiger partial charge in [-0.15, -0.1) is 11.6 Å². The third kappa shape index (κ3) is 2.89. The van der Waals surface area contributed by atoms with Gasteiger partial charge >= 0.3 is 0 Å². The third-order valence-corrected chi connectivity index (χ3v) is 3.59. The molecule has 2 unspecified atom stereocenters. The van der Waals surface area contributed by atoms with Gasteiger partial charge in [0.15, 0.2) is 0 Å². The number of aromatic nitrogens is 1. The smallest absolute Gasteiger partial charge is 0.133 e. The minimum absolute atomic E-state index is 0.313. The number of hydrogen-bond donors (Lipinski definition) is 0. The highest BCUT2D eigenvalue weighted by atomic mass is 35.5. The molecule has 0 bridgehead atoms. The van der Waals surface area contributed by atoms with Gasteiger partial charge in [-0.2, -0.15) is 0 Å². The second-order valence-corrected chi connectivity index (χ2v) is 4.72. The van der Waals surface area contributed by atoms with E-state index in [-0.39, 0.29) is 11.5 Å². The summed E-state index contributed by atoms with van der Waals surface area (Å²) in [6.45, 7) is 1.75. The van der Waals surface area contributed by atoms with Gasteiger partial charge < -0.3 is 0 Å². The lowest BCUT2D eigenvalue weighted by Crippen LogP contribution is -2.08. The maximum absolute atomic E-state index is 13.7. The first-order valence-corrected chi connectivity index (χ1v) is 6.12. The van der Waals surface area contributed by atoms with Crippen LogP contribution in [0, 0.1) is 17.5 Å². The van der Waals surface area contributed by atoms with Crippen LogP contribution in [0.1, 0.15) is 29.3 Å². The molecule has 0 amide bonds. The fourth-order valence-corrected chi connectivity index (χ4v) is 2.26. The van der Waals surface area contributed by atoms with Crippen molar-refractivity contribution < 1.29 is 13.2 Å². The van der Waals surface area contributed by atoms with Crippen LogP contribution < -0.4 is 0 Å². The van der Waals surface area contributed by atoms with Gasteiger partial charge in [0, 0.05) is 36.0 Å². The van der Waals surface area contributed by atoms with E-state index < -0.39 is 22.8 Å². The van der Waals surface area contributed by atoms with Crippen LogP contribution in [-0.4, -0.2) is 4.98 Å². The molecule has 19 heavy (non-hydrogen) atoms. The monoisotopic (exact) mass is 285 g/mol. The van der Waals surface area contributed by atoms with Gasteiger partial charge in [-0.1, -0.05) is 6.92 Å². The van der Waals surface area contributed by atoms with Crippen LogP contribution in [0.15, 0.2) is 36.7 Å². The van der Waals surface area contributed by atoms with E-state index in [1.165, 1.54) is 0 Å². The fraction of sp³-hybridized carbons (Fsp3) is 0.214. The molecule has 2 rings (SSSR count). The molecule has 2 atom stereocenters. The van der Waals surface area contributed by atoms with Crippen LogP contribution in [0.5, 0.6) is 0 Å². The Morgan fingerprint density at radius 3 is 2.11 bits per heavy atom. The molecule has 0 fully saturated rings. The summed E-state index contributed by atoms with van der Waals surface area (Å²) in [6.07, 6.45) is 3.15. The molecule has 100 valence electrons. The number of alkyl halides is 1. The molecule has 0 saturated carbocycles. The molecular formula is C14H11ClF3N. The van der Waals surface area contributed by atoms with Crippen molar-refractivity contribution in [2.24, 2.45) is 0 Å². The van der Waals surface area contributed by atoms with E-state index >= 15 is 0 Å². The normalized spacial score (nSPS) is 14.2. The van der Waals surface area contributed by atoms with Crippen LogP contribution in [0.4, 0.5) is 13.2 Å². The zero-order valence-corrected chi connectivity index (χ0v) is 10.8. The van der Waals surface area contributed by atoms with Gasteiger partial charge in [0.2, 0.25) is 0 Å². The van der Waals surface area contributed by atoms with E-state index in [0.29, 0.717) is 12.1 Å². The first kappa shape index (κ1) is 13.9. The van der Waals surface area contributed by atoms with Crippen molar-refractivity contribution in [1.29, 1.82) is 0 Å². The summed E-state index contributed by atoms with van der Waals surface area (Å²) in [5.41, 5.74) is 0.491. The molecular weight excluding hydrogens is 275 g/mol. The summed E-state index contributed by atoms with van der Waals surface area (Å²) in [5, 5.41) is -0.928. The minimum Gasteiger partial charge on any atom is -0.265 e. The molecule has 0 radical (unpaired) electrons. The Labute approximate surface area is 114 Å². The highest BCUT2D eigenvalue weighted by Crippen LogP contribution is 2.38. The van der Waals surface area contributed by atoms with Crippen LogP contribution in [0.25, 0.3) is 0 Å². The standard InChI is InChI=1S/C14H11ClF3N/c1-8(9-2-4-19-5-3-9)14(15)13-11(17)6-10(16)7-12(13)18/h2-8,14H,1H3. The maximum Gasteiger partial charge on any atom is 0.133 e. The second kappa shape index (κ2) is 5.61. The van der Waals surface area contributed by atoms with E-state index in [4.69, 9.17) is 11.6 Å². The van der Waals surface area contributed by atoms with Crippen molar-refractivity contribution in [1.82, 2.24) is 4.98 Å². The number of hydrogen-bond acceptors (Lipinski definition) is 1. The Balaban J connectivity index is 2.37. The molecule has 1 aromatic carbocycles. The van der Waals surface area contributed by atoms with E-state index in [2.05, 4.69) is 4.98 Å². The Bertz CT molecular complexity index is 551. The molecule has 1 nitrogen and oxygen atoms in total. The summed E-state index contributed by atoms with van der Waals surface area (Å²) in [6, 6.07) is 4.71. The SMILES string of the molecule is CC(c1ccncc1)C(Cl)c1c(F)cc(F)cc1F. The Morgan fingerprint density at radius 2 is 1.58 bits per heavy atom. The number of rotatable bonds is 3. The largest absolute Gasteiger partial charge is 0.265 e. The van der Waals surface area contributed by atoms with Crippen LogP contribution >= 0.6 is 11.6 Å². The number of benzene rings is 1. The zero-order valence-electron chi connectivity index (χ0n) is 10.1. The zero-order chi connectivity index (χ0) is 14.0. The van der Waals surface area contributed by atoms with E-state index in [0.717, 1.165) is 5.56 Å². The minimum atomic E-state index is -0.974. The molecule has 1 aromatic heterocycles. The number of halogens is 4. The molecule has 0 N–H and O–H groups in total. The molecule has 1 heterocycles. The highest BCUT2D eigenvalue weighted by Gasteiger charge is 2.25. The van der Waals surface area contributed by atoms with Gasteiger partial charge in [-0.25, -0.2) is 13.2 Å². The average molecular weight is 286 g/mol. The van der Waals surface area contributed by atoms with Crippen molar-refractivity contribution in [3.8, 4) is 0 Å². The van der Waals surface area contributed by atoms with Gasteiger partial charge in [0.05, 0.1) is 5.38 Å². The fourth-order valence-electron chi connectivity index (χ4n) is 1.90. The Hall–Kier alpha value is -1.55. The van der Waals surface area contributed by atoms with E-state index in [9.17, 15) is 13.2 Å². The molecule has 2 aromatic rings. The summed E-state index contributed by atoms with van der Waals surface area (Å²) in [5.74, 6) is -3.24. The first-order valence-electron chi connectivity index (χ1n) is 5.69. The predicted octanol–water partition coefficient (Wildman–Crippen LogP) is 4.58. The van der Waals surface area contributed by atoms with Crippen LogP contribution in [-0.2, 0) is 0 Å². The quantitative estimate of drug-likeness (QED) is 0.752. The van der Waals surface area contributed by atoms with Crippen molar-refractivity contribution in [3.05, 3.63) is 65.2 Å². The summed E-state index contributed by atoms with van der Waals surface area (Å²) < 4.78 is 40.2. The van der Waals surface area contributed by atoms with Crippen molar-refractivity contribution in [3.63, 3.8) is 0 Å². The van der Waals surface area contributed by atoms with Gasteiger partial charge in [-0.05, 0) is 17.7 Å². The van der Waals surface area contributed by atoms with E-state index in [1.807, 2.05) is 0 Å². The molecule has 0 aliphatic heterocycles. The summed E-state index contributed by atoms with van der Waals surface area (Å²) >= 11 is 6.13. The van der Waals surface area contributed by atoms with Crippen LogP contribution in [0.2, 0.25) is 0 Å². The summed E-state index contributed by atoms with van der Waals surface area (Å²) in [4.78, 5) is 3.87. The highest BCUT2D eigenvalue weighted by molar-refractivity contribution is 6.21. The molecule has 0 spiro atoms. The Morgan fingerprint density at radius 1 is 1.05 bits per heavy atom. The van der Waals surface area contributed by atoms with Gasteiger partial charge in [0.25, 0.3) is 0 Å². The van der Waals surface area contributed by atoms with Crippen LogP contribution in [0.3, 0.4) is 0 Å². The topological polar surface area (TPSA) is 12.9 Å². The lowest BCUT2D eigenvalue weighted by Gasteiger charge is -2.19. The summed E-state index contributed by atoms with van der Waals surface area (Å²) in [7, 11) is 0. The van der Waals surface area contributed by atoms with E-state index in [1.54, 1.807) is 31.5 Å². The lowest BCUT2D eigenvalue weighted by atomic mass is 9.93. The molecule has 5 heteroatoms. The van der Waals surface area contributed by atoms with Crippen molar-refractivity contribution in [2.75, 3.05) is 0 Å². The molecule has 0 aliphatic carbocycles. The maximum atomic E-state index is 13.7. The second-order valence-electron chi connectivity index (χ2n) is 4.25. The first-order chi connectivity index (χ1) is 9.00.